The van der Waals surface area contributed by atoms with Crippen molar-refractivity contribution >= 4 is 0 Å². The van der Waals surface area contributed by atoms with Crippen LogP contribution < -0.4 is 0 Å². The summed E-state index contributed by atoms with van der Waals surface area (Å²) in [5, 5.41) is 4.26. The zero-order valence-electron chi connectivity index (χ0n) is 13.7. The van der Waals surface area contributed by atoms with E-state index in [-0.39, 0.29) is 6.10 Å². The Labute approximate surface area is 133 Å². The van der Waals surface area contributed by atoms with Crippen molar-refractivity contribution < 1.29 is 9.47 Å². The van der Waals surface area contributed by atoms with Crippen molar-refractivity contribution in [1.82, 2.24) is 14.7 Å². The van der Waals surface area contributed by atoms with Gasteiger partial charge in [0.2, 0.25) is 0 Å². The highest BCUT2D eigenvalue weighted by atomic mass is 16.5. The van der Waals surface area contributed by atoms with E-state index in [1.165, 1.54) is 25.7 Å². The Bertz CT molecular complexity index is 424. The van der Waals surface area contributed by atoms with Gasteiger partial charge in [0.05, 0.1) is 32.0 Å². The molecule has 5 heteroatoms. The minimum Gasteiger partial charge on any atom is -0.377 e. The normalized spacial score (nSPS) is 30.5. The Morgan fingerprint density at radius 2 is 2.23 bits per heavy atom. The van der Waals surface area contributed by atoms with E-state index in [1.54, 1.807) is 0 Å². The minimum atomic E-state index is 0.238. The van der Waals surface area contributed by atoms with Gasteiger partial charge < -0.3 is 9.47 Å². The summed E-state index contributed by atoms with van der Waals surface area (Å²) in [5.41, 5.74) is 0. The summed E-state index contributed by atoms with van der Waals surface area (Å²) in [6, 6.07) is 1.96. The molecule has 1 aromatic rings. The average molecular weight is 307 g/mol. The maximum Gasteiger partial charge on any atom is 0.0898 e. The molecule has 0 spiro atoms. The summed E-state index contributed by atoms with van der Waals surface area (Å²) in [7, 11) is 0. The van der Waals surface area contributed by atoms with Gasteiger partial charge in [0.25, 0.3) is 0 Å². The lowest BCUT2D eigenvalue weighted by atomic mass is 9.88. The van der Waals surface area contributed by atoms with Crippen molar-refractivity contribution in [2.75, 3.05) is 32.8 Å². The van der Waals surface area contributed by atoms with Gasteiger partial charge in [-0.1, -0.05) is 19.8 Å². The van der Waals surface area contributed by atoms with Crippen LogP contribution in [0.25, 0.3) is 0 Å². The molecular weight excluding hydrogens is 278 g/mol. The highest BCUT2D eigenvalue weighted by Crippen LogP contribution is 2.26. The molecule has 0 radical (unpaired) electrons. The van der Waals surface area contributed by atoms with Crippen LogP contribution in [-0.2, 0) is 16.0 Å². The molecule has 0 unspecified atom stereocenters. The van der Waals surface area contributed by atoms with Crippen LogP contribution in [0.5, 0.6) is 0 Å². The van der Waals surface area contributed by atoms with Crippen LogP contribution in [0.2, 0.25) is 0 Å². The minimum absolute atomic E-state index is 0.238. The maximum atomic E-state index is 6.14. The zero-order valence-corrected chi connectivity index (χ0v) is 13.7. The fourth-order valence-electron chi connectivity index (χ4n) is 3.57. The molecule has 0 aromatic carbocycles. The van der Waals surface area contributed by atoms with Gasteiger partial charge in [-0.05, 0) is 24.8 Å². The lowest BCUT2D eigenvalue weighted by molar-refractivity contribution is -0.0576. The molecule has 2 heterocycles. The maximum absolute atomic E-state index is 6.14. The molecule has 5 nitrogen and oxygen atoms in total. The Morgan fingerprint density at radius 1 is 1.32 bits per heavy atom. The van der Waals surface area contributed by atoms with Gasteiger partial charge in [-0.15, -0.1) is 0 Å². The number of morpholine rings is 1. The van der Waals surface area contributed by atoms with Gasteiger partial charge in [-0.2, -0.15) is 5.10 Å². The molecule has 1 aliphatic heterocycles. The van der Waals surface area contributed by atoms with Crippen LogP contribution in [0.15, 0.2) is 18.5 Å². The van der Waals surface area contributed by atoms with Gasteiger partial charge in [-0.25, -0.2) is 0 Å². The number of nitrogens with zero attached hydrogens (tertiary/aromatic N) is 3. The molecule has 1 saturated carbocycles. The SMILES string of the molecule is C[C@@H]1CCCC[C@@H]1OCCN1CCO[C@@H](Cn2cccn2)C1. The Kier molecular flexibility index (Phi) is 5.87. The fourth-order valence-corrected chi connectivity index (χ4v) is 3.57. The molecular formula is C17H29N3O2. The molecule has 0 bridgehead atoms. The van der Waals surface area contributed by atoms with Gasteiger partial charge >= 0.3 is 0 Å². The topological polar surface area (TPSA) is 39.5 Å². The van der Waals surface area contributed by atoms with Crippen molar-refractivity contribution in [2.45, 2.75) is 51.4 Å². The van der Waals surface area contributed by atoms with Crippen LogP contribution in [0.4, 0.5) is 0 Å². The monoisotopic (exact) mass is 307 g/mol. The third-order valence-electron chi connectivity index (χ3n) is 4.95. The number of rotatable bonds is 6. The lowest BCUT2D eigenvalue weighted by Crippen LogP contribution is -2.45. The van der Waals surface area contributed by atoms with E-state index in [0.717, 1.165) is 45.3 Å². The molecule has 3 rings (SSSR count). The predicted molar refractivity (Wildman–Crippen MR) is 85.8 cm³/mol. The Balaban J connectivity index is 1.37. The summed E-state index contributed by atoms with van der Waals surface area (Å²) in [4.78, 5) is 2.46. The third kappa shape index (κ3) is 4.54. The fraction of sp³-hybridized carbons (Fsp3) is 0.824. The molecule has 124 valence electrons. The summed E-state index contributed by atoms with van der Waals surface area (Å²) in [6.07, 6.45) is 9.81. The number of hydrogen-bond donors (Lipinski definition) is 0. The van der Waals surface area contributed by atoms with Crippen molar-refractivity contribution in [3.63, 3.8) is 0 Å². The molecule has 1 saturated heterocycles. The third-order valence-corrected chi connectivity index (χ3v) is 4.95. The van der Waals surface area contributed by atoms with Crippen molar-refractivity contribution in [3.05, 3.63) is 18.5 Å². The number of aromatic nitrogens is 2. The molecule has 0 amide bonds. The van der Waals surface area contributed by atoms with Gasteiger partial charge in [-0.3, -0.25) is 9.58 Å². The summed E-state index contributed by atoms with van der Waals surface area (Å²) in [5.74, 6) is 0.728. The molecule has 1 aliphatic carbocycles. The van der Waals surface area contributed by atoms with Crippen LogP contribution in [0.1, 0.15) is 32.6 Å². The summed E-state index contributed by atoms with van der Waals surface area (Å²) < 4.78 is 13.9. The molecule has 3 atom stereocenters. The van der Waals surface area contributed by atoms with Gasteiger partial charge in [0.15, 0.2) is 0 Å². The first-order chi connectivity index (χ1) is 10.8. The first-order valence-electron chi connectivity index (χ1n) is 8.74. The van der Waals surface area contributed by atoms with E-state index < -0.39 is 0 Å². The molecule has 22 heavy (non-hydrogen) atoms. The number of hydrogen-bond acceptors (Lipinski definition) is 4. The standard InChI is InChI=1S/C17H29N3O2/c1-15-5-2-3-6-17(15)22-12-10-19-9-11-21-16(13-19)14-20-8-4-7-18-20/h4,7-8,15-17H,2-3,5-6,9-14H2,1H3/t15-,16-,17+/m1/s1. The van der Waals surface area contributed by atoms with Crippen molar-refractivity contribution in [3.8, 4) is 0 Å². The molecule has 1 aromatic heterocycles. The first kappa shape index (κ1) is 16.0. The zero-order chi connectivity index (χ0) is 15.2. The van der Waals surface area contributed by atoms with Crippen LogP contribution in [0.3, 0.4) is 0 Å². The molecule has 2 fully saturated rings. The second kappa shape index (κ2) is 8.09. The second-order valence-electron chi connectivity index (χ2n) is 6.69. The summed E-state index contributed by atoms with van der Waals surface area (Å²) in [6.45, 7) is 7.84. The predicted octanol–water partition coefficient (Wildman–Crippen LogP) is 2.18. The molecule has 0 N–H and O–H groups in total. The van der Waals surface area contributed by atoms with Crippen molar-refractivity contribution in [2.24, 2.45) is 5.92 Å². The Hall–Kier alpha value is -0.910. The summed E-state index contributed by atoms with van der Waals surface area (Å²) >= 11 is 0. The van der Waals surface area contributed by atoms with Crippen LogP contribution in [0, 0.1) is 5.92 Å². The van der Waals surface area contributed by atoms with E-state index in [9.17, 15) is 0 Å². The highest BCUT2D eigenvalue weighted by molar-refractivity contribution is 4.80. The molecule has 2 aliphatic rings. The smallest absolute Gasteiger partial charge is 0.0898 e. The Morgan fingerprint density at radius 3 is 3.05 bits per heavy atom. The van der Waals surface area contributed by atoms with E-state index in [0.29, 0.717) is 6.10 Å². The van der Waals surface area contributed by atoms with Crippen molar-refractivity contribution in [1.29, 1.82) is 0 Å². The number of ether oxygens (including phenoxy) is 2. The largest absolute Gasteiger partial charge is 0.377 e. The van der Waals surface area contributed by atoms with E-state index in [2.05, 4.69) is 16.9 Å². The van der Waals surface area contributed by atoms with Gasteiger partial charge in [0.1, 0.15) is 0 Å². The highest BCUT2D eigenvalue weighted by Gasteiger charge is 2.23. The van der Waals surface area contributed by atoms with E-state index >= 15 is 0 Å². The second-order valence-corrected chi connectivity index (χ2v) is 6.69. The van der Waals surface area contributed by atoms with E-state index in [1.807, 2.05) is 23.1 Å². The van der Waals surface area contributed by atoms with Gasteiger partial charge in [0, 0.05) is 32.0 Å². The first-order valence-corrected chi connectivity index (χ1v) is 8.74. The van der Waals surface area contributed by atoms with Crippen LogP contribution >= 0.6 is 0 Å². The average Bonchev–Trinajstić information content (AvgIpc) is 3.03. The lowest BCUT2D eigenvalue weighted by Gasteiger charge is -2.34. The van der Waals surface area contributed by atoms with Crippen LogP contribution in [-0.4, -0.2) is 59.7 Å². The quantitative estimate of drug-likeness (QED) is 0.807. The van der Waals surface area contributed by atoms with E-state index in [4.69, 9.17) is 9.47 Å².